The smallest absolute Gasteiger partial charge is 0.126 e. The number of halogens is 2. The first kappa shape index (κ1) is 12.5. The van der Waals surface area contributed by atoms with Crippen molar-refractivity contribution in [2.75, 3.05) is 0 Å². The van der Waals surface area contributed by atoms with Crippen LogP contribution in [0.4, 0.5) is 8.78 Å². The molecule has 1 aromatic rings. The number of epoxide rings is 1. The van der Waals surface area contributed by atoms with E-state index >= 15 is 0 Å². The molecular weight excluding hydrogens is 222 g/mol. The van der Waals surface area contributed by atoms with E-state index in [1.165, 1.54) is 12.1 Å². The molecule has 0 bridgehead atoms. The van der Waals surface area contributed by atoms with Crippen molar-refractivity contribution in [3.8, 4) is 0 Å². The summed E-state index contributed by atoms with van der Waals surface area (Å²) in [4.78, 5) is 0. The number of rotatable bonds is 5. The average molecular weight is 240 g/mol. The fraction of sp³-hybridized carbons (Fsp3) is 0.571. The molecule has 0 aliphatic carbocycles. The van der Waals surface area contributed by atoms with Gasteiger partial charge in [-0.2, -0.15) is 0 Å². The summed E-state index contributed by atoms with van der Waals surface area (Å²) >= 11 is 0. The van der Waals surface area contributed by atoms with Gasteiger partial charge in [-0.1, -0.05) is 13.8 Å². The van der Waals surface area contributed by atoms with Gasteiger partial charge < -0.3 is 4.74 Å². The van der Waals surface area contributed by atoms with E-state index in [1.807, 2.05) is 6.92 Å². The zero-order chi connectivity index (χ0) is 12.4. The summed E-state index contributed by atoms with van der Waals surface area (Å²) < 4.78 is 32.3. The van der Waals surface area contributed by atoms with E-state index in [2.05, 4.69) is 6.92 Å². The van der Waals surface area contributed by atoms with Crippen LogP contribution in [0, 0.1) is 11.6 Å². The zero-order valence-electron chi connectivity index (χ0n) is 10.2. The average Bonchev–Trinajstić information content (AvgIpc) is 3.08. The van der Waals surface area contributed by atoms with Crippen LogP contribution in [-0.4, -0.2) is 12.2 Å². The quantitative estimate of drug-likeness (QED) is 0.708. The fourth-order valence-corrected chi connectivity index (χ4v) is 2.37. The van der Waals surface area contributed by atoms with E-state index in [-0.39, 0.29) is 23.7 Å². The summed E-state index contributed by atoms with van der Waals surface area (Å²) in [5, 5.41) is 0. The van der Waals surface area contributed by atoms with Gasteiger partial charge in [0.15, 0.2) is 0 Å². The lowest BCUT2D eigenvalue weighted by Crippen LogP contribution is -2.06. The minimum atomic E-state index is -0.372. The molecule has 0 radical (unpaired) electrons. The van der Waals surface area contributed by atoms with Gasteiger partial charge in [-0.25, -0.2) is 8.78 Å². The molecule has 1 aromatic carbocycles. The first-order valence-electron chi connectivity index (χ1n) is 6.26. The Morgan fingerprint density at radius 3 is 2.59 bits per heavy atom. The second-order valence-corrected chi connectivity index (χ2v) is 4.63. The number of hydrogen-bond donors (Lipinski definition) is 0. The molecule has 1 heterocycles. The molecule has 17 heavy (non-hydrogen) atoms. The van der Waals surface area contributed by atoms with Crippen LogP contribution >= 0.6 is 0 Å². The van der Waals surface area contributed by atoms with Crippen LogP contribution in [0.1, 0.15) is 44.6 Å². The SMILES string of the molecule is CCC(CC1OC1CC)c1cc(F)ccc1F. The Hall–Kier alpha value is -0.960. The number of ether oxygens (including phenoxy) is 1. The molecule has 1 nitrogen and oxygen atoms in total. The molecule has 0 saturated carbocycles. The molecule has 94 valence electrons. The van der Waals surface area contributed by atoms with Gasteiger partial charge in [0, 0.05) is 0 Å². The van der Waals surface area contributed by atoms with Gasteiger partial charge >= 0.3 is 0 Å². The van der Waals surface area contributed by atoms with E-state index in [4.69, 9.17) is 4.74 Å². The molecule has 1 aliphatic heterocycles. The zero-order valence-corrected chi connectivity index (χ0v) is 10.2. The van der Waals surface area contributed by atoms with Crippen LogP contribution in [0.2, 0.25) is 0 Å². The Morgan fingerprint density at radius 2 is 2.00 bits per heavy atom. The highest BCUT2D eigenvalue weighted by molar-refractivity contribution is 5.23. The Balaban J connectivity index is 2.09. The summed E-state index contributed by atoms with van der Waals surface area (Å²) in [7, 11) is 0. The monoisotopic (exact) mass is 240 g/mol. The summed E-state index contributed by atoms with van der Waals surface area (Å²) in [6.45, 7) is 4.08. The molecule has 1 saturated heterocycles. The molecule has 0 aromatic heterocycles. The summed E-state index contributed by atoms with van der Waals surface area (Å²) in [5.74, 6) is -0.636. The minimum Gasteiger partial charge on any atom is -0.370 e. The highest BCUT2D eigenvalue weighted by atomic mass is 19.1. The molecule has 1 fully saturated rings. The second-order valence-electron chi connectivity index (χ2n) is 4.63. The van der Waals surface area contributed by atoms with E-state index in [1.54, 1.807) is 0 Å². The van der Waals surface area contributed by atoms with Crippen molar-refractivity contribution in [3.63, 3.8) is 0 Å². The van der Waals surface area contributed by atoms with Gasteiger partial charge in [0.2, 0.25) is 0 Å². The number of benzene rings is 1. The van der Waals surface area contributed by atoms with Gasteiger partial charge in [0.25, 0.3) is 0 Å². The van der Waals surface area contributed by atoms with Crippen molar-refractivity contribution < 1.29 is 13.5 Å². The standard InChI is InChI=1S/C14H18F2O/c1-3-9(7-14-13(4-2)17-14)11-8-10(15)5-6-12(11)16/h5-6,8-9,13-14H,3-4,7H2,1-2H3. The van der Waals surface area contributed by atoms with Gasteiger partial charge in [-0.3, -0.25) is 0 Å². The van der Waals surface area contributed by atoms with Crippen LogP contribution in [-0.2, 0) is 4.74 Å². The second kappa shape index (κ2) is 5.13. The van der Waals surface area contributed by atoms with E-state index in [9.17, 15) is 8.78 Å². The Labute approximate surface area is 101 Å². The summed E-state index contributed by atoms with van der Waals surface area (Å²) in [6.07, 6.45) is 3.13. The highest BCUT2D eigenvalue weighted by Gasteiger charge is 2.38. The van der Waals surface area contributed by atoms with Gasteiger partial charge in [-0.15, -0.1) is 0 Å². The topological polar surface area (TPSA) is 12.5 Å². The van der Waals surface area contributed by atoms with E-state index in [0.29, 0.717) is 11.7 Å². The largest absolute Gasteiger partial charge is 0.370 e. The molecular formula is C14H18F2O. The first-order chi connectivity index (χ1) is 8.15. The Morgan fingerprint density at radius 1 is 1.24 bits per heavy atom. The Kier molecular flexibility index (Phi) is 3.77. The third kappa shape index (κ3) is 2.83. The molecule has 2 rings (SSSR count). The molecule has 0 N–H and O–H groups in total. The minimum absolute atomic E-state index is 0.0484. The predicted octanol–water partition coefficient (Wildman–Crippen LogP) is 4.03. The third-order valence-corrected chi connectivity index (χ3v) is 3.50. The van der Waals surface area contributed by atoms with Crippen molar-refractivity contribution in [2.24, 2.45) is 0 Å². The predicted molar refractivity (Wildman–Crippen MR) is 63.0 cm³/mol. The molecule has 3 unspecified atom stereocenters. The Bertz CT molecular complexity index is 392. The maximum absolute atomic E-state index is 13.6. The van der Waals surface area contributed by atoms with Gasteiger partial charge in [-0.05, 0) is 48.9 Å². The van der Waals surface area contributed by atoms with Crippen LogP contribution < -0.4 is 0 Å². The normalized spacial score (nSPS) is 24.7. The summed E-state index contributed by atoms with van der Waals surface area (Å²) in [5.41, 5.74) is 0.484. The highest BCUT2D eigenvalue weighted by Crippen LogP contribution is 2.36. The van der Waals surface area contributed by atoms with E-state index in [0.717, 1.165) is 25.3 Å². The van der Waals surface area contributed by atoms with Gasteiger partial charge in [0.05, 0.1) is 12.2 Å². The maximum Gasteiger partial charge on any atom is 0.126 e. The third-order valence-electron chi connectivity index (χ3n) is 3.50. The van der Waals surface area contributed by atoms with Crippen LogP contribution in [0.25, 0.3) is 0 Å². The van der Waals surface area contributed by atoms with Crippen LogP contribution in [0.15, 0.2) is 18.2 Å². The first-order valence-corrected chi connectivity index (χ1v) is 6.26. The fourth-order valence-electron chi connectivity index (χ4n) is 2.37. The summed E-state index contributed by atoms with van der Waals surface area (Å²) in [6, 6.07) is 3.68. The molecule has 3 atom stereocenters. The lowest BCUT2D eigenvalue weighted by Gasteiger charge is -2.15. The van der Waals surface area contributed by atoms with Crippen molar-refractivity contribution in [1.82, 2.24) is 0 Å². The van der Waals surface area contributed by atoms with Crippen molar-refractivity contribution in [2.45, 2.75) is 51.2 Å². The van der Waals surface area contributed by atoms with Crippen LogP contribution in [0.3, 0.4) is 0 Å². The molecule has 1 aliphatic rings. The van der Waals surface area contributed by atoms with Gasteiger partial charge in [0.1, 0.15) is 11.6 Å². The van der Waals surface area contributed by atoms with Crippen LogP contribution in [0.5, 0.6) is 0 Å². The molecule has 0 amide bonds. The van der Waals surface area contributed by atoms with Crippen molar-refractivity contribution in [3.05, 3.63) is 35.4 Å². The number of hydrogen-bond acceptors (Lipinski definition) is 1. The maximum atomic E-state index is 13.6. The van der Waals surface area contributed by atoms with E-state index < -0.39 is 0 Å². The lowest BCUT2D eigenvalue weighted by atomic mass is 9.90. The molecule has 0 spiro atoms. The molecule has 3 heteroatoms. The van der Waals surface area contributed by atoms with Crippen molar-refractivity contribution >= 4 is 0 Å². The van der Waals surface area contributed by atoms with Crippen molar-refractivity contribution in [1.29, 1.82) is 0 Å². The lowest BCUT2D eigenvalue weighted by molar-refractivity contribution is 0.347.